The first-order chi connectivity index (χ1) is 9.22. The summed E-state index contributed by atoms with van der Waals surface area (Å²) in [5.41, 5.74) is 7.55. The van der Waals surface area contributed by atoms with Gasteiger partial charge in [0.15, 0.2) is 0 Å². The van der Waals surface area contributed by atoms with E-state index in [0.29, 0.717) is 12.5 Å². The molecule has 1 saturated heterocycles. The van der Waals surface area contributed by atoms with Crippen LogP contribution in [0.4, 0.5) is 5.69 Å². The number of aryl methyl sites for hydroxylation is 1. The molecule has 0 aliphatic carbocycles. The topological polar surface area (TPSA) is 77.2 Å². The molecule has 1 aliphatic rings. The maximum atomic E-state index is 12.3. The lowest BCUT2D eigenvalue weighted by molar-refractivity contribution is -0.122. The molecule has 0 bridgehead atoms. The van der Waals surface area contributed by atoms with Gasteiger partial charge in [-0.15, -0.1) is 0 Å². The molecule has 1 aromatic heterocycles. The van der Waals surface area contributed by atoms with Crippen LogP contribution in [0.1, 0.15) is 18.4 Å². The maximum absolute atomic E-state index is 12.3. The number of hydrogen-bond donors (Lipinski definition) is 2. The second-order valence-corrected chi connectivity index (χ2v) is 4.97. The highest BCUT2D eigenvalue weighted by Crippen LogP contribution is 2.25. The number of ether oxygens (including phenoxy) is 1. The molecule has 2 heterocycles. The second kappa shape index (κ2) is 6.63. The van der Waals surface area contributed by atoms with Gasteiger partial charge in [0.1, 0.15) is 0 Å². The van der Waals surface area contributed by atoms with Crippen LogP contribution in [0.3, 0.4) is 0 Å². The van der Waals surface area contributed by atoms with Crippen LogP contribution in [-0.2, 0) is 9.53 Å². The number of nitrogens with two attached hydrogens (primary N) is 1. The molecule has 1 aliphatic heterocycles. The van der Waals surface area contributed by atoms with Gasteiger partial charge < -0.3 is 15.8 Å². The molecule has 0 radical (unpaired) electrons. The second-order valence-electron chi connectivity index (χ2n) is 4.97. The van der Waals surface area contributed by atoms with E-state index >= 15 is 0 Å². The molecular formula is C14H21N3O2. The minimum absolute atomic E-state index is 0.00343. The van der Waals surface area contributed by atoms with Crippen molar-refractivity contribution in [3.8, 4) is 0 Å². The van der Waals surface area contributed by atoms with Gasteiger partial charge in [0, 0.05) is 37.8 Å². The number of carbonyl (C=O) groups excluding carboxylic acids is 1. The predicted molar refractivity (Wildman–Crippen MR) is 73.7 cm³/mol. The Morgan fingerprint density at radius 2 is 2.32 bits per heavy atom. The van der Waals surface area contributed by atoms with Gasteiger partial charge in [-0.3, -0.25) is 9.78 Å². The lowest BCUT2D eigenvalue weighted by atomic mass is 9.85. The van der Waals surface area contributed by atoms with Crippen molar-refractivity contribution in [1.82, 2.24) is 4.98 Å². The highest BCUT2D eigenvalue weighted by Gasteiger charge is 2.28. The number of pyridine rings is 1. The number of amides is 1. The normalized spacial score (nSPS) is 18.0. The average molecular weight is 263 g/mol. The fourth-order valence-electron chi connectivity index (χ4n) is 2.47. The van der Waals surface area contributed by atoms with Crippen molar-refractivity contribution in [3.63, 3.8) is 0 Å². The molecule has 1 aromatic rings. The van der Waals surface area contributed by atoms with Gasteiger partial charge in [-0.2, -0.15) is 0 Å². The first kappa shape index (κ1) is 14.0. The highest BCUT2D eigenvalue weighted by atomic mass is 16.5. The van der Waals surface area contributed by atoms with Gasteiger partial charge in [0.2, 0.25) is 5.91 Å². The van der Waals surface area contributed by atoms with E-state index in [1.54, 1.807) is 12.4 Å². The van der Waals surface area contributed by atoms with Crippen molar-refractivity contribution in [1.29, 1.82) is 0 Å². The molecule has 0 saturated carbocycles. The van der Waals surface area contributed by atoms with Gasteiger partial charge >= 0.3 is 0 Å². The minimum atomic E-state index is -0.142. The Kier molecular flexibility index (Phi) is 4.87. The van der Waals surface area contributed by atoms with E-state index in [2.05, 4.69) is 10.3 Å². The number of hydrogen-bond acceptors (Lipinski definition) is 4. The molecule has 1 fully saturated rings. The van der Waals surface area contributed by atoms with Crippen LogP contribution in [0.25, 0.3) is 0 Å². The van der Waals surface area contributed by atoms with Crippen LogP contribution in [0.5, 0.6) is 0 Å². The van der Waals surface area contributed by atoms with Crippen molar-refractivity contribution >= 4 is 11.6 Å². The van der Waals surface area contributed by atoms with Gasteiger partial charge in [0.05, 0.1) is 5.92 Å². The molecule has 2 rings (SSSR count). The van der Waals surface area contributed by atoms with Crippen LogP contribution < -0.4 is 11.1 Å². The summed E-state index contributed by atoms with van der Waals surface area (Å²) in [7, 11) is 0. The molecular weight excluding hydrogens is 242 g/mol. The third-order valence-electron chi connectivity index (χ3n) is 3.70. The summed E-state index contributed by atoms with van der Waals surface area (Å²) in [5.74, 6) is 0.182. The Hall–Kier alpha value is -1.46. The third kappa shape index (κ3) is 3.52. The number of aromatic nitrogens is 1. The fourth-order valence-corrected chi connectivity index (χ4v) is 2.47. The van der Waals surface area contributed by atoms with Crippen molar-refractivity contribution in [2.45, 2.75) is 19.8 Å². The Morgan fingerprint density at radius 1 is 1.58 bits per heavy atom. The highest BCUT2D eigenvalue weighted by molar-refractivity contribution is 5.93. The summed E-state index contributed by atoms with van der Waals surface area (Å²) in [6.45, 7) is 3.75. The van der Waals surface area contributed by atoms with Crippen LogP contribution in [0.2, 0.25) is 0 Å². The summed E-state index contributed by atoms with van der Waals surface area (Å²) < 4.78 is 5.33. The SMILES string of the molecule is Cc1cnccc1NC(=O)C(CN)C1CCOCC1. The van der Waals surface area contributed by atoms with Crippen molar-refractivity contribution < 1.29 is 9.53 Å². The van der Waals surface area contributed by atoms with Crippen LogP contribution in [0.15, 0.2) is 18.5 Å². The van der Waals surface area contributed by atoms with Crippen LogP contribution in [-0.4, -0.2) is 30.6 Å². The molecule has 5 heteroatoms. The molecule has 3 N–H and O–H groups in total. The number of rotatable bonds is 4. The van der Waals surface area contributed by atoms with E-state index in [-0.39, 0.29) is 11.8 Å². The van der Waals surface area contributed by atoms with Crippen LogP contribution in [0, 0.1) is 18.8 Å². The lowest BCUT2D eigenvalue weighted by Gasteiger charge is -2.28. The van der Waals surface area contributed by atoms with Gasteiger partial charge in [-0.25, -0.2) is 0 Å². The zero-order valence-corrected chi connectivity index (χ0v) is 11.3. The molecule has 104 valence electrons. The summed E-state index contributed by atoms with van der Waals surface area (Å²) >= 11 is 0. The Balaban J connectivity index is 2.02. The molecule has 5 nitrogen and oxygen atoms in total. The smallest absolute Gasteiger partial charge is 0.229 e. The van der Waals surface area contributed by atoms with Crippen LogP contribution >= 0.6 is 0 Å². The van der Waals surface area contributed by atoms with E-state index in [9.17, 15) is 4.79 Å². The zero-order valence-electron chi connectivity index (χ0n) is 11.3. The summed E-state index contributed by atoms with van der Waals surface area (Å²) in [6.07, 6.45) is 5.23. The summed E-state index contributed by atoms with van der Waals surface area (Å²) in [4.78, 5) is 16.4. The largest absolute Gasteiger partial charge is 0.381 e. The lowest BCUT2D eigenvalue weighted by Crippen LogP contribution is -2.37. The molecule has 1 atom stereocenters. The Labute approximate surface area is 113 Å². The average Bonchev–Trinajstić information content (AvgIpc) is 2.43. The van der Waals surface area contributed by atoms with Gasteiger partial charge in [-0.05, 0) is 37.3 Å². The molecule has 19 heavy (non-hydrogen) atoms. The third-order valence-corrected chi connectivity index (χ3v) is 3.70. The van der Waals surface area contributed by atoms with Crippen molar-refractivity contribution in [2.75, 3.05) is 25.1 Å². The minimum Gasteiger partial charge on any atom is -0.381 e. The van der Waals surface area contributed by atoms with E-state index < -0.39 is 0 Å². The Bertz CT molecular complexity index is 430. The van der Waals surface area contributed by atoms with Crippen molar-refractivity contribution in [3.05, 3.63) is 24.0 Å². The maximum Gasteiger partial charge on any atom is 0.229 e. The number of nitrogens with zero attached hydrogens (tertiary/aromatic N) is 1. The zero-order chi connectivity index (χ0) is 13.7. The fraction of sp³-hybridized carbons (Fsp3) is 0.571. The molecule has 1 amide bonds. The predicted octanol–water partition coefficient (Wildman–Crippen LogP) is 1.33. The monoisotopic (exact) mass is 263 g/mol. The quantitative estimate of drug-likeness (QED) is 0.859. The van der Waals surface area contributed by atoms with Crippen molar-refractivity contribution in [2.24, 2.45) is 17.6 Å². The van der Waals surface area contributed by atoms with Gasteiger partial charge in [-0.1, -0.05) is 0 Å². The molecule has 0 spiro atoms. The first-order valence-electron chi connectivity index (χ1n) is 6.71. The molecule has 1 unspecified atom stereocenters. The van der Waals surface area contributed by atoms with E-state index in [1.165, 1.54) is 0 Å². The number of anilines is 1. The first-order valence-corrected chi connectivity index (χ1v) is 6.71. The van der Waals surface area contributed by atoms with E-state index in [1.807, 2.05) is 13.0 Å². The molecule has 0 aromatic carbocycles. The van der Waals surface area contributed by atoms with Gasteiger partial charge in [0.25, 0.3) is 0 Å². The summed E-state index contributed by atoms with van der Waals surface area (Å²) in [6, 6.07) is 1.81. The number of nitrogens with one attached hydrogen (secondary N) is 1. The van der Waals surface area contributed by atoms with E-state index in [4.69, 9.17) is 10.5 Å². The Morgan fingerprint density at radius 3 is 2.95 bits per heavy atom. The number of carbonyl (C=O) groups is 1. The standard InChI is InChI=1S/C14H21N3O2/c1-10-9-16-5-2-13(10)17-14(18)12(8-15)11-3-6-19-7-4-11/h2,5,9,11-12H,3-4,6-8,15H2,1H3,(H,16,17,18). The summed E-state index contributed by atoms with van der Waals surface area (Å²) in [5, 5.41) is 2.96. The van der Waals surface area contributed by atoms with E-state index in [0.717, 1.165) is 37.3 Å².